The Bertz CT molecular complexity index is 1050. The maximum absolute atomic E-state index is 11.3. The van der Waals surface area contributed by atoms with Crippen LogP contribution in [-0.4, -0.2) is 40.3 Å². The molecule has 2 N–H and O–H groups in total. The summed E-state index contributed by atoms with van der Waals surface area (Å²) in [6, 6.07) is 25.6. The fourth-order valence-corrected chi connectivity index (χ4v) is 4.75. The van der Waals surface area contributed by atoms with E-state index in [-0.39, 0.29) is 24.9 Å². The van der Waals surface area contributed by atoms with Crippen LogP contribution in [0.3, 0.4) is 0 Å². The Morgan fingerprint density at radius 3 is 2.39 bits per heavy atom. The van der Waals surface area contributed by atoms with E-state index in [0.717, 1.165) is 36.1 Å². The van der Waals surface area contributed by atoms with Gasteiger partial charge in [0.15, 0.2) is 0 Å². The molecule has 1 saturated heterocycles. The van der Waals surface area contributed by atoms with E-state index in [2.05, 4.69) is 17.0 Å². The first kappa shape index (κ1) is 23.2. The number of aliphatic hydroxyl groups is 1. The Balaban J connectivity index is 1.62. The second-order valence-corrected chi connectivity index (χ2v) is 8.67. The molecule has 5 nitrogen and oxygen atoms in total. The van der Waals surface area contributed by atoms with Crippen molar-refractivity contribution in [3.63, 3.8) is 0 Å². The first-order chi connectivity index (χ1) is 16.1. The van der Waals surface area contributed by atoms with Gasteiger partial charge in [0.2, 0.25) is 0 Å². The van der Waals surface area contributed by atoms with Gasteiger partial charge in [-0.1, -0.05) is 66.7 Å². The summed E-state index contributed by atoms with van der Waals surface area (Å²) in [5.41, 5.74) is 4.56. The van der Waals surface area contributed by atoms with Crippen LogP contribution in [0.25, 0.3) is 0 Å². The van der Waals surface area contributed by atoms with Crippen LogP contribution >= 0.6 is 0 Å². The Kier molecular flexibility index (Phi) is 7.55. The van der Waals surface area contributed by atoms with E-state index >= 15 is 0 Å². The number of piperidine rings is 1. The average molecular weight is 446 g/mol. The summed E-state index contributed by atoms with van der Waals surface area (Å²) < 4.78 is 6.57. The molecule has 1 fully saturated rings. The minimum atomic E-state index is -0.908. The molecule has 0 unspecified atom stereocenters. The van der Waals surface area contributed by atoms with Gasteiger partial charge in [-0.05, 0) is 60.7 Å². The standard InChI is InChI=1S/C28H31NO4/c1-20-17-23(28(31)32)14-15-24(20)18-29-16-8-13-25(27(29)22-11-6-3-7-12-22)33-26(19-30)21-9-4-2-5-10-21/h2-7,9-12,14-15,17,25-27,30H,8,13,16,18-19H2,1H3,(H,31,32)/t25-,26+,27-/m0/s1. The van der Waals surface area contributed by atoms with Gasteiger partial charge in [0.05, 0.1) is 24.3 Å². The van der Waals surface area contributed by atoms with Crippen molar-refractivity contribution in [3.05, 3.63) is 107 Å². The van der Waals surface area contributed by atoms with E-state index < -0.39 is 5.97 Å². The van der Waals surface area contributed by atoms with Crippen LogP contribution in [0.4, 0.5) is 0 Å². The number of aryl methyl sites for hydroxylation is 1. The van der Waals surface area contributed by atoms with Gasteiger partial charge >= 0.3 is 5.97 Å². The summed E-state index contributed by atoms with van der Waals surface area (Å²) >= 11 is 0. The molecule has 0 spiro atoms. The number of nitrogens with zero attached hydrogens (tertiary/aromatic N) is 1. The maximum Gasteiger partial charge on any atom is 0.335 e. The zero-order chi connectivity index (χ0) is 23.2. The van der Waals surface area contributed by atoms with Crippen molar-refractivity contribution < 1.29 is 19.7 Å². The monoisotopic (exact) mass is 445 g/mol. The first-order valence-corrected chi connectivity index (χ1v) is 11.5. The molecule has 3 aromatic rings. The highest BCUT2D eigenvalue weighted by molar-refractivity contribution is 5.87. The largest absolute Gasteiger partial charge is 0.478 e. The lowest BCUT2D eigenvalue weighted by Gasteiger charge is -2.43. The summed E-state index contributed by atoms with van der Waals surface area (Å²) in [7, 11) is 0. The molecule has 172 valence electrons. The molecule has 0 aromatic heterocycles. The van der Waals surface area contributed by atoms with Crippen molar-refractivity contribution in [1.82, 2.24) is 4.90 Å². The predicted octanol–water partition coefficient (Wildman–Crippen LogP) is 5.15. The van der Waals surface area contributed by atoms with Crippen LogP contribution in [0.2, 0.25) is 0 Å². The highest BCUT2D eigenvalue weighted by Crippen LogP contribution is 2.37. The Morgan fingerprint density at radius 2 is 1.76 bits per heavy atom. The third kappa shape index (κ3) is 5.50. The summed E-state index contributed by atoms with van der Waals surface area (Å²) in [6.07, 6.45) is 1.46. The number of aromatic carboxylic acids is 1. The number of carboxylic acid groups (broad SMARTS) is 1. The number of aliphatic hydroxyl groups excluding tert-OH is 1. The second-order valence-electron chi connectivity index (χ2n) is 8.67. The normalized spacial score (nSPS) is 19.8. The third-order valence-electron chi connectivity index (χ3n) is 6.46. The zero-order valence-electron chi connectivity index (χ0n) is 18.9. The number of likely N-dealkylation sites (tertiary alicyclic amines) is 1. The third-order valence-corrected chi connectivity index (χ3v) is 6.46. The minimum Gasteiger partial charge on any atom is -0.478 e. The van der Waals surface area contributed by atoms with Crippen molar-refractivity contribution in [3.8, 4) is 0 Å². The molecule has 1 aliphatic rings. The first-order valence-electron chi connectivity index (χ1n) is 11.5. The smallest absolute Gasteiger partial charge is 0.335 e. The molecule has 0 aliphatic carbocycles. The fraction of sp³-hybridized carbons (Fsp3) is 0.321. The predicted molar refractivity (Wildman–Crippen MR) is 128 cm³/mol. The van der Waals surface area contributed by atoms with Crippen LogP contribution in [0.1, 0.15) is 57.6 Å². The number of carbonyl (C=O) groups is 1. The minimum absolute atomic E-state index is 0.0382. The van der Waals surface area contributed by atoms with Crippen LogP contribution in [0, 0.1) is 6.92 Å². The van der Waals surface area contributed by atoms with E-state index in [0.29, 0.717) is 12.1 Å². The molecular weight excluding hydrogens is 414 g/mol. The van der Waals surface area contributed by atoms with Crippen molar-refractivity contribution in [1.29, 1.82) is 0 Å². The molecule has 3 aromatic carbocycles. The number of benzene rings is 3. The summed E-state index contributed by atoms with van der Waals surface area (Å²) in [5.74, 6) is -0.908. The van der Waals surface area contributed by atoms with Crippen molar-refractivity contribution in [2.45, 2.75) is 44.6 Å². The van der Waals surface area contributed by atoms with Gasteiger partial charge in [0.25, 0.3) is 0 Å². The molecule has 0 saturated carbocycles. The molecule has 33 heavy (non-hydrogen) atoms. The summed E-state index contributed by atoms with van der Waals surface area (Å²) in [4.78, 5) is 13.8. The van der Waals surface area contributed by atoms with E-state index in [1.54, 1.807) is 12.1 Å². The van der Waals surface area contributed by atoms with Crippen molar-refractivity contribution in [2.75, 3.05) is 13.2 Å². The molecule has 0 bridgehead atoms. The Labute approximate surface area is 195 Å². The van der Waals surface area contributed by atoms with Crippen molar-refractivity contribution >= 4 is 5.97 Å². The average Bonchev–Trinajstić information content (AvgIpc) is 2.85. The van der Waals surface area contributed by atoms with E-state index in [9.17, 15) is 15.0 Å². The fourth-order valence-electron chi connectivity index (χ4n) is 4.75. The van der Waals surface area contributed by atoms with Gasteiger partial charge in [-0.3, -0.25) is 4.90 Å². The lowest BCUT2D eigenvalue weighted by Crippen LogP contribution is -2.43. The van der Waals surface area contributed by atoms with Gasteiger partial charge in [0, 0.05) is 6.54 Å². The second kappa shape index (κ2) is 10.8. The topological polar surface area (TPSA) is 70.0 Å². The highest BCUT2D eigenvalue weighted by atomic mass is 16.5. The highest BCUT2D eigenvalue weighted by Gasteiger charge is 2.35. The molecule has 5 heteroatoms. The lowest BCUT2D eigenvalue weighted by molar-refractivity contribution is -0.100. The molecule has 0 radical (unpaired) electrons. The number of hydrogen-bond acceptors (Lipinski definition) is 4. The van der Waals surface area contributed by atoms with Gasteiger partial charge in [-0.25, -0.2) is 4.79 Å². The van der Waals surface area contributed by atoms with E-state index in [1.165, 1.54) is 5.56 Å². The van der Waals surface area contributed by atoms with Gasteiger partial charge < -0.3 is 14.9 Å². The van der Waals surface area contributed by atoms with E-state index in [1.807, 2.05) is 61.5 Å². The molecule has 4 rings (SSSR count). The van der Waals surface area contributed by atoms with E-state index in [4.69, 9.17) is 4.74 Å². The molecular formula is C28H31NO4. The molecule has 3 atom stereocenters. The lowest BCUT2D eigenvalue weighted by atomic mass is 9.91. The van der Waals surface area contributed by atoms with Crippen LogP contribution in [0.5, 0.6) is 0 Å². The number of ether oxygens (including phenoxy) is 1. The summed E-state index contributed by atoms with van der Waals surface area (Å²) in [6.45, 7) is 3.53. The van der Waals surface area contributed by atoms with Crippen molar-refractivity contribution in [2.24, 2.45) is 0 Å². The van der Waals surface area contributed by atoms with Crippen LogP contribution in [-0.2, 0) is 11.3 Å². The quantitative estimate of drug-likeness (QED) is 0.502. The van der Waals surface area contributed by atoms with Gasteiger partial charge in [-0.15, -0.1) is 0 Å². The van der Waals surface area contributed by atoms with Crippen LogP contribution < -0.4 is 0 Å². The molecule has 0 amide bonds. The Hall–Kier alpha value is -2.99. The number of rotatable bonds is 8. The SMILES string of the molecule is Cc1cc(C(=O)O)ccc1CN1CCC[C@H](O[C@H](CO)c2ccccc2)[C@@H]1c1ccccc1. The zero-order valence-corrected chi connectivity index (χ0v) is 18.9. The Morgan fingerprint density at radius 1 is 1.06 bits per heavy atom. The summed E-state index contributed by atoms with van der Waals surface area (Å²) in [5, 5.41) is 19.4. The van der Waals surface area contributed by atoms with Crippen LogP contribution in [0.15, 0.2) is 78.9 Å². The van der Waals surface area contributed by atoms with Gasteiger partial charge in [0.1, 0.15) is 6.10 Å². The number of carboxylic acids is 1. The molecule has 1 aliphatic heterocycles. The number of hydrogen-bond donors (Lipinski definition) is 2. The van der Waals surface area contributed by atoms with Gasteiger partial charge in [-0.2, -0.15) is 0 Å². The maximum atomic E-state index is 11.3. The molecule has 1 heterocycles.